The Labute approximate surface area is 187 Å². The molecule has 0 amide bonds. The zero-order valence-electron chi connectivity index (χ0n) is 17.9. The van der Waals surface area contributed by atoms with Gasteiger partial charge in [-0.3, -0.25) is 0 Å². The number of ether oxygens (including phenoxy) is 2. The van der Waals surface area contributed by atoms with Gasteiger partial charge in [0, 0.05) is 37.3 Å². The predicted molar refractivity (Wildman–Crippen MR) is 113 cm³/mol. The molecule has 1 unspecified atom stereocenters. The van der Waals surface area contributed by atoms with E-state index in [2.05, 4.69) is 24.6 Å². The van der Waals surface area contributed by atoms with Gasteiger partial charge >= 0.3 is 6.61 Å². The van der Waals surface area contributed by atoms with Gasteiger partial charge in [0.2, 0.25) is 5.95 Å². The summed E-state index contributed by atoms with van der Waals surface area (Å²) in [6.07, 6.45) is 3.06. The number of nitrogens with two attached hydrogens (primary N) is 1. The second kappa shape index (κ2) is 8.15. The molecule has 2 N–H and O–H groups in total. The Balaban J connectivity index is 1.58. The van der Waals surface area contributed by atoms with Gasteiger partial charge in [-0.25, -0.2) is 18.7 Å². The lowest BCUT2D eigenvalue weighted by Gasteiger charge is -2.45. The van der Waals surface area contributed by atoms with Crippen LogP contribution in [0, 0.1) is 0 Å². The number of rotatable bonds is 5. The van der Waals surface area contributed by atoms with Gasteiger partial charge in [0.25, 0.3) is 5.92 Å². The molecule has 33 heavy (non-hydrogen) atoms. The molecule has 0 radical (unpaired) electrons. The van der Waals surface area contributed by atoms with E-state index in [1.807, 2.05) is 0 Å². The SMILES string of the molecule is CC1N(c2nc(-c3cnc(N)c(OC(F)F)c3)cc(N3C[C@@H]4CC[C@H]3CO4)n2)CCC1(F)F. The molecule has 4 aliphatic heterocycles. The van der Waals surface area contributed by atoms with Gasteiger partial charge in [-0.15, -0.1) is 0 Å². The lowest BCUT2D eigenvalue weighted by molar-refractivity contribution is -0.0494. The number of pyridine rings is 1. The largest absolute Gasteiger partial charge is 0.431 e. The zero-order chi connectivity index (χ0) is 23.3. The van der Waals surface area contributed by atoms with Crippen molar-refractivity contribution >= 4 is 17.6 Å². The molecule has 2 aromatic heterocycles. The Kier molecular flexibility index (Phi) is 5.42. The highest BCUT2D eigenvalue weighted by atomic mass is 19.3. The first-order valence-electron chi connectivity index (χ1n) is 10.8. The van der Waals surface area contributed by atoms with E-state index in [4.69, 9.17) is 10.5 Å². The smallest absolute Gasteiger partial charge is 0.387 e. The summed E-state index contributed by atoms with van der Waals surface area (Å²) < 4.78 is 64.3. The number of aromatic nitrogens is 3. The van der Waals surface area contributed by atoms with E-state index in [0.717, 1.165) is 12.8 Å². The Morgan fingerprint density at radius 2 is 2.03 bits per heavy atom. The van der Waals surface area contributed by atoms with Crippen LogP contribution in [0.4, 0.5) is 35.1 Å². The van der Waals surface area contributed by atoms with E-state index in [0.29, 0.717) is 30.2 Å². The van der Waals surface area contributed by atoms with Gasteiger partial charge in [-0.05, 0) is 25.8 Å². The second-order valence-electron chi connectivity index (χ2n) is 8.62. The van der Waals surface area contributed by atoms with Crippen LogP contribution in [0.2, 0.25) is 0 Å². The van der Waals surface area contributed by atoms with Crippen LogP contribution in [0.15, 0.2) is 18.3 Å². The quantitative estimate of drug-likeness (QED) is 0.669. The molecule has 12 heteroatoms. The summed E-state index contributed by atoms with van der Waals surface area (Å²) in [4.78, 5) is 16.7. The summed E-state index contributed by atoms with van der Waals surface area (Å²) in [7, 11) is 0. The summed E-state index contributed by atoms with van der Waals surface area (Å²) in [5.74, 6) is -2.60. The molecule has 0 aliphatic carbocycles. The minimum atomic E-state index is -3.07. The van der Waals surface area contributed by atoms with Crippen LogP contribution in [-0.4, -0.2) is 65.4 Å². The molecule has 6 rings (SSSR count). The molecule has 0 aromatic carbocycles. The van der Waals surface area contributed by atoms with E-state index in [1.54, 1.807) is 6.07 Å². The molecule has 178 valence electrons. The molecule has 2 aromatic rings. The fraction of sp³-hybridized carbons (Fsp3) is 0.571. The highest BCUT2D eigenvalue weighted by Gasteiger charge is 2.47. The Morgan fingerprint density at radius 1 is 1.21 bits per heavy atom. The normalized spacial score (nSPS) is 26.3. The summed E-state index contributed by atoms with van der Waals surface area (Å²) >= 11 is 0. The van der Waals surface area contributed by atoms with Crippen molar-refractivity contribution in [3.05, 3.63) is 18.3 Å². The van der Waals surface area contributed by atoms with Crippen LogP contribution in [0.3, 0.4) is 0 Å². The number of piperidine rings is 1. The van der Waals surface area contributed by atoms with Gasteiger partial charge in [0.05, 0.1) is 30.5 Å². The second-order valence-corrected chi connectivity index (χ2v) is 8.62. The monoisotopic (exact) mass is 468 g/mol. The van der Waals surface area contributed by atoms with Crippen molar-refractivity contribution in [1.82, 2.24) is 15.0 Å². The van der Waals surface area contributed by atoms with Crippen molar-refractivity contribution < 1.29 is 27.0 Å². The number of hydrogen-bond acceptors (Lipinski definition) is 8. The van der Waals surface area contributed by atoms with Crippen molar-refractivity contribution in [2.45, 2.75) is 56.9 Å². The predicted octanol–water partition coefficient (Wildman–Crippen LogP) is 3.32. The van der Waals surface area contributed by atoms with Crippen molar-refractivity contribution in [3.8, 4) is 17.0 Å². The molecule has 6 heterocycles. The van der Waals surface area contributed by atoms with Crippen molar-refractivity contribution in [2.24, 2.45) is 0 Å². The van der Waals surface area contributed by atoms with Crippen molar-refractivity contribution in [1.29, 1.82) is 0 Å². The number of anilines is 3. The van der Waals surface area contributed by atoms with E-state index >= 15 is 0 Å². The van der Waals surface area contributed by atoms with Gasteiger partial charge in [0.15, 0.2) is 11.6 Å². The number of morpholine rings is 1. The average Bonchev–Trinajstić information content (AvgIpc) is 3.08. The topological polar surface area (TPSA) is 89.6 Å². The first-order chi connectivity index (χ1) is 15.7. The summed E-state index contributed by atoms with van der Waals surface area (Å²) in [6.45, 7) is -0.332. The highest BCUT2D eigenvalue weighted by Crippen LogP contribution is 2.38. The first kappa shape index (κ1) is 21.9. The average molecular weight is 468 g/mol. The fourth-order valence-electron chi connectivity index (χ4n) is 4.64. The Morgan fingerprint density at radius 3 is 2.64 bits per heavy atom. The number of fused-ring (bicyclic) bond motifs is 3. The van der Waals surface area contributed by atoms with Crippen LogP contribution < -0.4 is 20.3 Å². The molecule has 4 saturated heterocycles. The molecule has 4 aliphatic rings. The molecule has 2 bridgehead atoms. The highest BCUT2D eigenvalue weighted by molar-refractivity contribution is 5.68. The van der Waals surface area contributed by atoms with Crippen LogP contribution in [0.25, 0.3) is 11.3 Å². The third-order valence-electron chi connectivity index (χ3n) is 6.60. The van der Waals surface area contributed by atoms with Gasteiger partial charge < -0.3 is 25.0 Å². The zero-order valence-corrected chi connectivity index (χ0v) is 17.9. The summed E-state index contributed by atoms with van der Waals surface area (Å²) in [5, 5.41) is 0. The van der Waals surface area contributed by atoms with Gasteiger partial charge in [-0.2, -0.15) is 13.8 Å². The minimum absolute atomic E-state index is 0.0798. The molecule has 0 saturated carbocycles. The maximum atomic E-state index is 14.3. The van der Waals surface area contributed by atoms with Crippen molar-refractivity contribution in [3.63, 3.8) is 0 Å². The van der Waals surface area contributed by atoms with E-state index in [1.165, 1.54) is 24.1 Å². The molecular formula is C21H24F4N6O2. The minimum Gasteiger partial charge on any atom is -0.431 e. The van der Waals surface area contributed by atoms with Crippen LogP contribution in [0.5, 0.6) is 5.75 Å². The molecule has 3 atom stereocenters. The van der Waals surface area contributed by atoms with Crippen molar-refractivity contribution in [2.75, 3.05) is 35.2 Å². The molecule has 8 nitrogen and oxygen atoms in total. The third kappa shape index (κ3) is 4.11. The van der Waals surface area contributed by atoms with E-state index < -0.39 is 18.6 Å². The van der Waals surface area contributed by atoms with Crippen LogP contribution in [-0.2, 0) is 4.74 Å². The standard InChI is InChI=1S/C21H24F4N6O2/c1-11-21(24,25)4-5-30(11)20-28-15(12-6-16(33-19(22)23)18(26)27-8-12)7-17(29-20)31-9-14-3-2-13(31)10-32-14/h6-8,11,13-14,19H,2-5,9-10H2,1H3,(H2,26,27)/t11?,13-,14-/m0/s1. The van der Waals surface area contributed by atoms with E-state index in [9.17, 15) is 17.6 Å². The number of nitrogen functional groups attached to an aromatic ring is 1. The summed E-state index contributed by atoms with van der Waals surface area (Å²) in [5.41, 5.74) is 6.38. The Hall–Kier alpha value is -2.89. The third-order valence-corrected chi connectivity index (χ3v) is 6.60. The van der Waals surface area contributed by atoms with Crippen LogP contribution >= 0.6 is 0 Å². The molecule has 4 fully saturated rings. The molecule has 0 spiro atoms. The van der Waals surface area contributed by atoms with Gasteiger partial charge in [0.1, 0.15) is 5.82 Å². The first-order valence-corrected chi connectivity index (χ1v) is 10.8. The van der Waals surface area contributed by atoms with E-state index in [-0.39, 0.29) is 42.6 Å². The summed E-state index contributed by atoms with van der Waals surface area (Å²) in [6, 6.07) is 2.06. The number of alkyl halides is 4. The van der Waals surface area contributed by atoms with Crippen LogP contribution in [0.1, 0.15) is 26.2 Å². The maximum absolute atomic E-state index is 14.3. The number of nitrogens with zero attached hydrogens (tertiary/aromatic N) is 5. The number of halogens is 4. The number of hydrogen-bond donors (Lipinski definition) is 1. The molecular weight excluding hydrogens is 444 g/mol. The fourth-order valence-corrected chi connectivity index (χ4v) is 4.64. The lowest BCUT2D eigenvalue weighted by atomic mass is 9.97. The lowest BCUT2D eigenvalue weighted by Crippen LogP contribution is -2.55. The Bertz CT molecular complexity index is 1010. The van der Waals surface area contributed by atoms with Gasteiger partial charge in [-0.1, -0.05) is 0 Å². The maximum Gasteiger partial charge on any atom is 0.387 e.